The third kappa shape index (κ3) is 5.73. The number of unbranched alkanes of at least 4 members (excludes halogenated alkanes) is 2. The van der Waals surface area contributed by atoms with Crippen molar-refractivity contribution in [2.45, 2.75) is 46.0 Å². The lowest BCUT2D eigenvalue weighted by atomic mass is 9.99. The van der Waals surface area contributed by atoms with Crippen LogP contribution in [0.15, 0.2) is 48.5 Å². The van der Waals surface area contributed by atoms with Gasteiger partial charge in [-0.1, -0.05) is 75.6 Å². The molecule has 0 fully saturated rings. The molecule has 0 amide bonds. The van der Waals surface area contributed by atoms with E-state index >= 15 is 0 Å². The fourth-order valence-electron chi connectivity index (χ4n) is 2.80. The molecule has 3 heteroatoms. The highest BCUT2D eigenvalue weighted by Crippen LogP contribution is 2.30. The minimum atomic E-state index is -1.29. The first-order valence-corrected chi connectivity index (χ1v) is 8.65. The van der Waals surface area contributed by atoms with Crippen molar-refractivity contribution in [1.29, 1.82) is 0 Å². The maximum Gasteiger partial charge on any atom is 0.511 e. The monoisotopic (exact) mass is 326 g/mol. The Morgan fingerprint density at radius 1 is 1.00 bits per heavy atom. The van der Waals surface area contributed by atoms with Gasteiger partial charge in [0.1, 0.15) is 5.75 Å². The second-order valence-corrected chi connectivity index (χ2v) is 6.55. The van der Waals surface area contributed by atoms with Crippen LogP contribution in [0.1, 0.15) is 45.1 Å². The topological polar surface area (TPSA) is 46.5 Å². The van der Waals surface area contributed by atoms with Crippen LogP contribution in [0, 0.1) is 5.92 Å². The molecule has 0 saturated heterocycles. The van der Waals surface area contributed by atoms with Crippen molar-refractivity contribution in [2.24, 2.45) is 5.92 Å². The standard InChI is InChI=1S/C21H26O3/c1-16(2)8-4-3-5-9-17-12-14-18(15-13-17)19-10-6-7-11-20(19)24-21(22)23/h6-7,10-16H,3-5,8-9H2,1-2H3,(H,22,23). The molecule has 0 saturated carbocycles. The van der Waals surface area contributed by atoms with Gasteiger partial charge >= 0.3 is 6.16 Å². The first-order valence-electron chi connectivity index (χ1n) is 8.65. The normalized spacial score (nSPS) is 10.8. The Morgan fingerprint density at radius 2 is 1.71 bits per heavy atom. The Bertz CT molecular complexity index is 644. The lowest BCUT2D eigenvalue weighted by Gasteiger charge is -2.09. The third-order valence-electron chi connectivity index (χ3n) is 4.10. The van der Waals surface area contributed by atoms with Crippen molar-refractivity contribution in [1.82, 2.24) is 0 Å². The van der Waals surface area contributed by atoms with Gasteiger partial charge in [0.25, 0.3) is 0 Å². The van der Waals surface area contributed by atoms with Crippen LogP contribution in [0.2, 0.25) is 0 Å². The number of carbonyl (C=O) groups is 1. The summed E-state index contributed by atoms with van der Waals surface area (Å²) in [7, 11) is 0. The van der Waals surface area contributed by atoms with E-state index in [1.54, 1.807) is 12.1 Å². The highest BCUT2D eigenvalue weighted by Gasteiger charge is 2.09. The van der Waals surface area contributed by atoms with E-state index in [0.29, 0.717) is 5.75 Å². The highest BCUT2D eigenvalue weighted by atomic mass is 16.7. The van der Waals surface area contributed by atoms with Crippen LogP contribution in [-0.4, -0.2) is 11.3 Å². The molecule has 0 spiro atoms. The average Bonchev–Trinajstić information content (AvgIpc) is 2.55. The maximum absolute atomic E-state index is 10.8. The first kappa shape index (κ1) is 18.1. The number of ether oxygens (including phenoxy) is 1. The molecule has 2 aromatic carbocycles. The van der Waals surface area contributed by atoms with E-state index in [1.165, 1.54) is 31.2 Å². The number of hydrogen-bond donors (Lipinski definition) is 1. The molecule has 128 valence electrons. The second kappa shape index (κ2) is 9.11. The van der Waals surface area contributed by atoms with E-state index in [4.69, 9.17) is 9.84 Å². The zero-order chi connectivity index (χ0) is 17.4. The van der Waals surface area contributed by atoms with Gasteiger partial charge < -0.3 is 9.84 Å². The maximum atomic E-state index is 10.8. The summed E-state index contributed by atoms with van der Waals surface area (Å²) >= 11 is 0. The van der Waals surface area contributed by atoms with Crippen molar-refractivity contribution in [3.05, 3.63) is 54.1 Å². The first-order chi connectivity index (χ1) is 11.6. The summed E-state index contributed by atoms with van der Waals surface area (Å²) in [6, 6.07) is 15.5. The summed E-state index contributed by atoms with van der Waals surface area (Å²) in [5.41, 5.74) is 3.08. The fourth-order valence-corrected chi connectivity index (χ4v) is 2.80. The van der Waals surface area contributed by atoms with Crippen LogP contribution in [-0.2, 0) is 6.42 Å². The van der Waals surface area contributed by atoms with Crippen LogP contribution in [0.4, 0.5) is 4.79 Å². The Morgan fingerprint density at radius 3 is 2.38 bits per heavy atom. The molecule has 0 aliphatic heterocycles. The molecule has 0 heterocycles. The number of hydrogen-bond acceptors (Lipinski definition) is 2. The van der Waals surface area contributed by atoms with Gasteiger partial charge in [-0.2, -0.15) is 0 Å². The third-order valence-corrected chi connectivity index (χ3v) is 4.10. The van der Waals surface area contributed by atoms with Crippen molar-refractivity contribution in [3.63, 3.8) is 0 Å². The van der Waals surface area contributed by atoms with Crippen molar-refractivity contribution >= 4 is 6.16 Å². The van der Waals surface area contributed by atoms with Gasteiger partial charge in [-0.3, -0.25) is 0 Å². The molecule has 0 aromatic heterocycles. The molecule has 0 bridgehead atoms. The Labute approximate surface area is 144 Å². The minimum Gasteiger partial charge on any atom is -0.449 e. The Kier molecular flexibility index (Phi) is 6.86. The predicted molar refractivity (Wildman–Crippen MR) is 97.5 cm³/mol. The van der Waals surface area contributed by atoms with Gasteiger partial charge in [0.15, 0.2) is 0 Å². The van der Waals surface area contributed by atoms with Gasteiger partial charge in [0, 0.05) is 5.56 Å². The lowest BCUT2D eigenvalue weighted by molar-refractivity contribution is 0.144. The molecule has 24 heavy (non-hydrogen) atoms. The van der Waals surface area contributed by atoms with E-state index in [1.807, 2.05) is 24.3 Å². The summed E-state index contributed by atoms with van der Waals surface area (Å²) in [4.78, 5) is 10.8. The van der Waals surface area contributed by atoms with E-state index in [9.17, 15) is 4.79 Å². The molecule has 0 aliphatic rings. The van der Waals surface area contributed by atoms with Gasteiger partial charge in [-0.15, -0.1) is 0 Å². The summed E-state index contributed by atoms with van der Waals surface area (Å²) in [6.45, 7) is 4.54. The molecule has 1 N–H and O–H groups in total. The number of carboxylic acid groups (broad SMARTS) is 1. The molecule has 0 aliphatic carbocycles. The Hall–Kier alpha value is -2.29. The number of para-hydroxylation sites is 1. The number of rotatable bonds is 8. The molecule has 0 radical (unpaired) electrons. The molecule has 0 atom stereocenters. The smallest absolute Gasteiger partial charge is 0.449 e. The van der Waals surface area contributed by atoms with Crippen molar-refractivity contribution in [2.75, 3.05) is 0 Å². The minimum absolute atomic E-state index is 0.367. The molecule has 0 unspecified atom stereocenters. The number of aryl methyl sites for hydroxylation is 1. The summed E-state index contributed by atoms with van der Waals surface area (Å²) in [6.07, 6.45) is 4.89. The fraction of sp³-hybridized carbons (Fsp3) is 0.381. The van der Waals surface area contributed by atoms with Crippen molar-refractivity contribution in [3.8, 4) is 16.9 Å². The van der Waals surface area contributed by atoms with E-state index in [0.717, 1.165) is 23.5 Å². The summed E-state index contributed by atoms with van der Waals surface area (Å²) in [5.74, 6) is 1.16. The molecular weight excluding hydrogens is 300 g/mol. The molecule has 3 nitrogen and oxygen atoms in total. The zero-order valence-electron chi connectivity index (χ0n) is 14.5. The number of benzene rings is 2. The van der Waals surface area contributed by atoms with Gasteiger partial charge in [0.05, 0.1) is 0 Å². The van der Waals surface area contributed by atoms with Gasteiger partial charge in [-0.25, -0.2) is 4.79 Å². The largest absolute Gasteiger partial charge is 0.511 e. The quantitative estimate of drug-likeness (QED) is 0.358. The second-order valence-electron chi connectivity index (χ2n) is 6.55. The van der Waals surface area contributed by atoms with E-state index < -0.39 is 6.16 Å². The predicted octanol–water partition coefficient (Wildman–Crippen LogP) is 6.17. The average molecular weight is 326 g/mol. The van der Waals surface area contributed by atoms with Crippen LogP contribution in [0.5, 0.6) is 5.75 Å². The van der Waals surface area contributed by atoms with Crippen LogP contribution in [0.25, 0.3) is 11.1 Å². The van der Waals surface area contributed by atoms with Gasteiger partial charge in [-0.05, 0) is 36.0 Å². The zero-order valence-corrected chi connectivity index (χ0v) is 14.5. The van der Waals surface area contributed by atoms with Crippen LogP contribution >= 0.6 is 0 Å². The van der Waals surface area contributed by atoms with Crippen LogP contribution in [0.3, 0.4) is 0 Å². The van der Waals surface area contributed by atoms with Gasteiger partial charge in [0.2, 0.25) is 0 Å². The SMILES string of the molecule is CC(C)CCCCCc1ccc(-c2ccccc2OC(=O)O)cc1. The highest BCUT2D eigenvalue weighted by molar-refractivity contribution is 5.74. The molecular formula is C21H26O3. The summed E-state index contributed by atoms with van der Waals surface area (Å²) in [5, 5.41) is 8.84. The van der Waals surface area contributed by atoms with Crippen LogP contribution < -0.4 is 4.74 Å². The Balaban J connectivity index is 1.96. The van der Waals surface area contributed by atoms with E-state index in [-0.39, 0.29) is 0 Å². The van der Waals surface area contributed by atoms with Crippen molar-refractivity contribution < 1.29 is 14.6 Å². The lowest BCUT2D eigenvalue weighted by Crippen LogP contribution is -2.03. The van der Waals surface area contributed by atoms with E-state index in [2.05, 4.69) is 26.0 Å². The molecule has 2 rings (SSSR count). The molecule has 2 aromatic rings. The summed E-state index contributed by atoms with van der Waals surface area (Å²) < 4.78 is 4.86.